The molecule has 0 aliphatic carbocycles. The molecule has 19 heavy (non-hydrogen) atoms. The minimum atomic E-state index is 0.203. The van der Waals surface area contributed by atoms with Crippen LogP contribution < -0.4 is 15.2 Å². The monoisotopic (exact) mass is 265 g/mol. The predicted octanol–water partition coefficient (Wildman–Crippen LogP) is 3.54. The highest BCUT2D eigenvalue weighted by atomic mass is 16.5. The molecule has 0 saturated carbocycles. The molecule has 0 heterocycles. The molecule has 0 aromatic heterocycles. The average Bonchev–Trinajstić information content (AvgIpc) is 2.39. The molecule has 3 nitrogen and oxygen atoms in total. The standard InChI is InChI=1S/C16H27NO2/c1-5-7-12(3)19-16-11-13(10-14(17)6-2)8-9-15(16)18-4/h8-9,11-12,14H,5-7,10,17H2,1-4H3. The van der Waals surface area contributed by atoms with E-state index in [0.717, 1.165) is 37.2 Å². The zero-order valence-corrected chi connectivity index (χ0v) is 12.6. The van der Waals surface area contributed by atoms with Crippen molar-refractivity contribution in [2.45, 2.75) is 58.6 Å². The number of rotatable bonds is 8. The molecule has 0 fully saturated rings. The van der Waals surface area contributed by atoms with E-state index in [1.807, 2.05) is 6.07 Å². The van der Waals surface area contributed by atoms with Gasteiger partial charge in [0.1, 0.15) is 0 Å². The van der Waals surface area contributed by atoms with Gasteiger partial charge in [0.15, 0.2) is 11.5 Å². The van der Waals surface area contributed by atoms with Crippen molar-refractivity contribution in [2.75, 3.05) is 7.11 Å². The normalized spacial score (nSPS) is 13.9. The van der Waals surface area contributed by atoms with Crippen molar-refractivity contribution in [1.82, 2.24) is 0 Å². The number of hydrogen-bond donors (Lipinski definition) is 1. The first kappa shape index (κ1) is 15.8. The van der Waals surface area contributed by atoms with Crippen molar-refractivity contribution in [3.05, 3.63) is 23.8 Å². The third kappa shape index (κ3) is 5.11. The van der Waals surface area contributed by atoms with Gasteiger partial charge < -0.3 is 15.2 Å². The lowest BCUT2D eigenvalue weighted by atomic mass is 10.0. The second-order valence-electron chi connectivity index (χ2n) is 5.07. The topological polar surface area (TPSA) is 44.5 Å². The Morgan fingerprint density at radius 2 is 1.95 bits per heavy atom. The van der Waals surface area contributed by atoms with Crippen LogP contribution in [-0.4, -0.2) is 19.3 Å². The molecule has 2 N–H and O–H groups in total. The Hall–Kier alpha value is -1.22. The molecule has 0 amide bonds. The summed E-state index contributed by atoms with van der Waals surface area (Å²) in [5.74, 6) is 1.61. The quantitative estimate of drug-likeness (QED) is 0.782. The van der Waals surface area contributed by atoms with Gasteiger partial charge in [-0.25, -0.2) is 0 Å². The zero-order chi connectivity index (χ0) is 14.3. The fourth-order valence-electron chi connectivity index (χ4n) is 2.07. The molecule has 2 atom stereocenters. The maximum atomic E-state index is 6.00. The van der Waals surface area contributed by atoms with E-state index < -0.39 is 0 Å². The maximum Gasteiger partial charge on any atom is 0.161 e. The van der Waals surface area contributed by atoms with Crippen LogP contribution in [0, 0.1) is 0 Å². The van der Waals surface area contributed by atoms with E-state index in [4.69, 9.17) is 15.2 Å². The summed E-state index contributed by atoms with van der Waals surface area (Å²) in [5, 5.41) is 0. The summed E-state index contributed by atoms with van der Waals surface area (Å²) in [7, 11) is 1.67. The molecule has 1 aromatic carbocycles. The average molecular weight is 265 g/mol. The van der Waals surface area contributed by atoms with Gasteiger partial charge in [0.2, 0.25) is 0 Å². The number of nitrogens with two attached hydrogens (primary N) is 1. The third-order valence-electron chi connectivity index (χ3n) is 3.27. The Kier molecular flexibility index (Phi) is 6.71. The molecule has 108 valence electrons. The van der Waals surface area contributed by atoms with Crippen LogP contribution >= 0.6 is 0 Å². The highest BCUT2D eigenvalue weighted by Gasteiger charge is 2.11. The van der Waals surface area contributed by atoms with Gasteiger partial charge >= 0.3 is 0 Å². The second kappa shape index (κ2) is 8.05. The Morgan fingerprint density at radius 3 is 2.53 bits per heavy atom. The minimum absolute atomic E-state index is 0.203. The van der Waals surface area contributed by atoms with Crippen LogP contribution in [0.15, 0.2) is 18.2 Å². The number of ether oxygens (including phenoxy) is 2. The van der Waals surface area contributed by atoms with Crippen molar-refractivity contribution in [3.8, 4) is 11.5 Å². The molecule has 2 unspecified atom stereocenters. The van der Waals surface area contributed by atoms with Gasteiger partial charge in [-0.05, 0) is 43.9 Å². The van der Waals surface area contributed by atoms with E-state index in [2.05, 4.69) is 32.9 Å². The summed E-state index contributed by atoms with van der Waals surface area (Å²) in [6.07, 6.45) is 4.22. The van der Waals surface area contributed by atoms with Gasteiger partial charge in [-0.3, -0.25) is 0 Å². The summed E-state index contributed by atoms with van der Waals surface area (Å²) >= 11 is 0. The van der Waals surface area contributed by atoms with E-state index in [0.29, 0.717) is 0 Å². The van der Waals surface area contributed by atoms with E-state index in [-0.39, 0.29) is 12.1 Å². The maximum absolute atomic E-state index is 6.00. The summed E-state index contributed by atoms with van der Waals surface area (Å²) in [6.45, 7) is 6.36. The van der Waals surface area contributed by atoms with Gasteiger partial charge in [-0.2, -0.15) is 0 Å². The molecule has 0 spiro atoms. The predicted molar refractivity (Wildman–Crippen MR) is 80.0 cm³/mol. The van der Waals surface area contributed by atoms with Crippen LogP contribution in [0.3, 0.4) is 0 Å². The number of benzene rings is 1. The van der Waals surface area contributed by atoms with Crippen LogP contribution in [0.25, 0.3) is 0 Å². The van der Waals surface area contributed by atoms with E-state index in [1.165, 1.54) is 5.56 Å². The van der Waals surface area contributed by atoms with Gasteiger partial charge in [-0.15, -0.1) is 0 Å². The Labute approximate surface area is 117 Å². The largest absolute Gasteiger partial charge is 0.493 e. The van der Waals surface area contributed by atoms with Crippen LogP contribution in [-0.2, 0) is 6.42 Å². The van der Waals surface area contributed by atoms with E-state index in [9.17, 15) is 0 Å². The Morgan fingerprint density at radius 1 is 1.21 bits per heavy atom. The molecular formula is C16H27NO2. The van der Waals surface area contributed by atoms with E-state index >= 15 is 0 Å². The van der Waals surface area contributed by atoms with Gasteiger partial charge in [-0.1, -0.05) is 26.3 Å². The molecule has 1 rings (SSSR count). The first-order chi connectivity index (χ1) is 9.10. The minimum Gasteiger partial charge on any atom is -0.493 e. The van der Waals surface area contributed by atoms with E-state index in [1.54, 1.807) is 7.11 Å². The Bertz CT molecular complexity index is 379. The molecule has 0 bridgehead atoms. The van der Waals surface area contributed by atoms with Crippen molar-refractivity contribution in [2.24, 2.45) is 5.73 Å². The highest BCUT2D eigenvalue weighted by molar-refractivity contribution is 5.43. The van der Waals surface area contributed by atoms with Gasteiger partial charge in [0.05, 0.1) is 13.2 Å². The van der Waals surface area contributed by atoms with Crippen LogP contribution in [0.2, 0.25) is 0 Å². The number of hydrogen-bond acceptors (Lipinski definition) is 3. The molecule has 3 heteroatoms. The van der Waals surface area contributed by atoms with Crippen LogP contribution in [0.5, 0.6) is 11.5 Å². The second-order valence-corrected chi connectivity index (χ2v) is 5.07. The van der Waals surface area contributed by atoms with Gasteiger partial charge in [0, 0.05) is 6.04 Å². The number of methoxy groups -OCH3 is 1. The highest BCUT2D eigenvalue weighted by Crippen LogP contribution is 2.30. The molecule has 0 radical (unpaired) electrons. The lowest BCUT2D eigenvalue weighted by Gasteiger charge is -2.18. The van der Waals surface area contributed by atoms with Crippen LogP contribution in [0.4, 0.5) is 0 Å². The molecular weight excluding hydrogens is 238 g/mol. The zero-order valence-electron chi connectivity index (χ0n) is 12.6. The molecule has 0 saturated heterocycles. The van der Waals surface area contributed by atoms with Crippen LogP contribution in [0.1, 0.15) is 45.6 Å². The van der Waals surface area contributed by atoms with Crippen molar-refractivity contribution in [1.29, 1.82) is 0 Å². The van der Waals surface area contributed by atoms with Crippen molar-refractivity contribution < 1.29 is 9.47 Å². The summed E-state index contributed by atoms with van der Waals surface area (Å²) in [6, 6.07) is 6.28. The first-order valence-electron chi connectivity index (χ1n) is 7.19. The molecule has 0 aliphatic rings. The third-order valence-corrected chi connectivity index (χ3v) is 3.27. The smallest absolute Gasteiger partial charge is 0.161 e. The molecule has 0 aliphatic heterocycles. The SMILES string of the molecule is CCCC(C)Oc1cc(CC(N)CC)ccc1OC. The summed E-state index contributed by atoms with van der Waals surface area (Å²) in [5.41, 5.74) is 7.21. The molecule has 1 aromatic rings. The fraction of sp³-hybridized carbons (Fsp3) is 0.625. The van der Waals surface area contributed by atoms with Gasteiger partial charge in [0.25, 0.3) is 0 Å². The summed E-state index contributed by atoms with van der Waals surface area (Å²) in [4.78, 5) is 0. The lowest BCUT2D eigenvalue weighted by Crippen LogP contribution is -2.21. The first-order valence-corrected chi connectivity index (χ1v) is 7.19. The lowest BCUT2D eigenvalue weighted by molar-refractivity contribution is 0.200. The van der Waals surface area contributed by atoms with Crippen molar-refractivity contribution >= 4 is 0 Å². The fourth-order valence-corrected chi connectivity index (χ4v) is 2.07. The summed E-state index contributed by atoms with van der Waals surface area (Å²) < 4.78 is 11.3. The Balaban J connectivity index is 2.83. The van der Waals surface area contributed by atoms with Crippen molar-refractivity contribution in [3.63, 3.8) is 0 Å².